The third-order valence-electron chi connectivity index (χ3n) is 4.83. The second-order valence-corrected chi connectivity index (χ2v) is 6.71. The summed E-state index contributed by atoms with van der Waals surface area (Å²) in [5, 5.41) is 2.79. The fourth-order valence-corrected chi connectivity index (χ4v) is 3.24. The van der Waals surface area contributed by atoms with E-state index in [1.807, 2.05) is 19.1 Å². The number of nitrogens with zero attached hydrogens (tertiary/aromatic N) is 5. The Hall–Kier alpha value is -3.75. The van der Waals surface area contributed by atoms with E-state index in [1.165, 1.54) is 12.4 Å². The normalized spacial score (nSPS) is 16.1. The molecule has 1 aromatic carbocycles. The summed E-state index contributed by atoms with van der Waals surface area (Å²) in [6, 6.07) is 7.19. The molecular weight excluding hydrogens is 372 g/mol. The van der Waals surface area contributed by atoms with Gasteiger partial charge in [0.1, 0.15) is 11.6 Å². The Kier molecular flexibility index (Phi) is 4.94. The van der Waals surface area contributed by atoms with Crippen LogP contribution in [0.4, 0.5) is 11.4 Å². The molecule has 0 spiro atoms. The van der Waals surface area contributed by atoms with Gasteiger partial charge in [-0.3, -0.25) is 14.2 Å². The van der Waals surface area contributed by atoms with Gasteiger partial charge < -0.3 is 15.0 Å². The summed E-state index contributed by atoms with van der Waals surface area (Å²) in [4.78, 5) is 39.3. The number of aryl methyl sites for hydroxylation is 1. The Morgan fingerprint density at radius 1 is 1.17 bits per heavy atom. The summed E-state index contributed by atoms with van der Waals surface area (Å²) in [7, 11) is 1.59. The van der Waals surface area contributed by atoms with Crippen LogP contribution >= 0.6 is 0 Å². The maximum atomic E-state index is 12.6. The van der Waals surface area contributed by atoms with E-state index in [1.54, 1.807) is 41.1 Å². The molecule has 0 bridgehead atoms. The molecule has 0 radical (unpaired) electrons. The molecule has 1 aliphatic rings. The van der Waals surface area contributed by atoms with Crippen molar-refractivity contribution >= 4 is 23.2 Å². The number of anilines is 2. The van der Waals surface area contributed by atoms with Crippen molar-refractivity contribution in [3.8, 4) is 11.7 Å². The summed E-state index contributed by atoms with van der Waals surface area (Å²) >= 11 is 0. The molecule has 3 aromatic rings. The molecular formula is C20H20N6O3. The van der Waals surface area contributed by atoms with Crippen LogP contribution in [0.1, 0.15) is 12.2 Å². The maximum absolute atomic E-state index is 12.6. The molecule has 0 aliphatic carbocycles. The molecule has 2 aromatic heterocycles. The Morgan fingerprint density at radius 3 is 2.52 bits per heavy atom. The van der Waals surface area contributed by atoms with Gasteiger partial charge in [0.25, 0.3) is 0 Å². The number of carbonyl (C=O) groups excluding carboxylic acids is 2. The van der Waals surface area contributed by atoms with Gasteiger partial charge in [0, 0.05) is 31.0 Å². The van der Waals surface area contributed by atoms with Gasteiger partial charge in [0.05, 0.1) is 31.1 Å². The van der Waals surface area contributed by atoms with Crippen molar-refractivity contribution in [1.82, 2.24) is 19.5 Å². The van der Waals surface area contributed by atoms with Crippen LogP contribution in [0.15, 0.2) is 49.1 Å². The minimum Gasteiger partial charge on any atom is -0.497 e. The Morgan fingerprint density at radius 2 is 1.90 bits per heavy atom. The van der Waals surface area contributed by atoms with Crippen LogP contribution in [0.5, 0.6) is 5.75 Å². The van der Waals surface area contributed by atoms with Crippen LogP contribution in [-0.4, -0.2) is 45.0 Å². The summed E-state index contributed by atoms with van der Waals surface area (Å²) < 4.78 is 6.88. The van der Waals surface area contributed by atoms with Gasteiger partial charge in [0.2, 0.25) is 17.8 Å². The summed E-state index contributed by atoms with van der Waals surface area (Å²) in [6.45, 7) is 2.18. The molecule has 1 fully saturated rings. The average molecular weight is 392 g/mol. The van der Waals surface area contributed by atoms with Crippen LogP contribution in [0.25, 0.3) is 5.95 Å². The number of carbonyl (C=O) groups is 2. The van der Waals surface area contributed by atoms with Crippen molar-refractivity contribution in [1.29, 1.82) is 0 Å². The number of aromatic nitrogens is 4. The smallest absolute Gasteiger partial charge is 0.235 e. The minimum absolute atomic E-state index is 0.0857. The molecule has 2 amide bonds. The maximum Gasteiger partial charge on any atom is 0.235 e. The lowest BCUT2D eigenvalue weighted by Gasteiger charge is -2.17. The van der Waals surface area contributed by atoms with Crippen LogP contribution in [0.3, 0.4) is 0 Å². The van der Waals surface area contributed by atoms with Gasteiger partial charge in [-0.25, -0.2) is 15.0 Å². The first-order chi connectivity index (χ1) is 14.0. The van der Waals surface area contributed by atoms with Gasteiger partial charge in [0.15, 0.2) is 0 Å². The first kappa shape index (κ1) is 18.6. The van der Waals surface area contributed by atoms with E-state index in [9.17, 15) is 9.59 Å². The molecule has 29 heavy (non-hydrogen) atoms. The molecule has 1 N–H and O–H groups in total. The first-order valence-electron chi connectivity index (χ1n) is 9.13. The zero-order valence-electron chi connectivity index (χ0n) is 16.1. The van der Waals surface area contributed by atoms with Crippen molar-refractivity contribution in [2.24, 2.45) is 5.92 Å². The molecule has 3 heterocycles. The Labute approximate surface area is 167 Å². The highest BCUT2D eigenvalue weighted by Crippen LogP contribution is 2.27. The molecule has 1 atom stereocenters. The number of hydrogen-bond donors (Lipinski definition) is 1. The van der Waals surface area contributed by atoms with E-state index < -0.39 is 5.92 Å². The van der Waals surface area contributed by atoms with Crippen molar-refractivity contribution < 1.29 is 14.3 Å². The lowest BCUT2D eigenvalue weighted by atomic mass is 10.1. The monoisotopic (exact) mass is 392 g/mol. The van der Waals surface area contributed by atoms with Crippen LogP contribution in [-0.2, 0) is 9.59 Å². The van der Waals surface area contributed by atoms with E-state index in [0.717, 1.165) is 11.5 Å². The predicted octanol–water partition coefficient (Wildman–Crippen LogP) is 1.97. The van der Waals surface area contributed by atoms with Crippen molar-refractivity contribution in [3.05, 3.63) is 54.9 Å². The third kappa shape index (κ3) is 3.79. The minimum atomic E-state index is -0.444. The van der Waals surface area contributed by atoms with Crippen LogP contribution in [0.2, 0.25) is 0 Å². The number of hydrogen-bond acceptors (Lipinski definition) is 6. The number of amides is 2. The first-order valence-corrected chi connectivity index (χ1v) is 9.13. The highest BCUT2D eigenvalue weighted by atomic mass is 16.5. The molecule has 1 unspecified atom stereocenters. The molecule has 1 saturated heterocycles. The van der Waals surface area contributed by atoms with Gasteiger partial charge >= 0.3 is 0 Å². The molecule has 148 valence electrons. The fourth-order valence-electron chi connectivity index (χ4n) is 3.24. The molecule has 9 heteroatoms. The fraction of sp³-hybridized carbons (Fsp3) is 0.250. The van der Waals surface area contributed by atoms with E-state index in [4.69, 9.17) is 4.74 Å². The number of methoxy groups -OCH3 is 1. The Balaban J connectivity index is 1.41. The standard InChI is InChI=1S/C20H20N6O3/c1-13-21-7-8-25(13)20-22-10-15(11-23-20)24-19(28)14-9-18(27)26(12-14)16-3-5-17(29-2)6-4-16/h3-8,10-11,14H,9,12H2,1-2H3,(H,24,28). The summed E-state index contributed by atoms with van der Waals surface area (Å²) in [6.07, 6.45) is 6.67. The van der Waals surface area contributed by atoms with E-state index in [2.05, 4.69) is 20.3 Å². The molecule has 9 nitrogen and oxygen atoms in total. The largest absolute Gasteiger partial charge is 0.497 e. The quantitative estimate of drug-likeness (QED) is 0.712. The van der Waals surface area contributed by atoms with Crippen molar-refractivity contribution in [3.63, 3.8) is 0 Å². The zero-order chi connectivity index (χ0) is 20.4. The topological polar surface area (TPSA) is 102 Å². The second-order valence-electron chi connectivity index (χ2n) is 6.71. The zero-order valence-corrected chi connectivity index (χ0v) is 16.1. The third-order valence-corrected chi connectivity index (χ3v) is 4.83. The van der Waals surface area contributed by atoms with Crippen molar-refractivity contribution in [2.45, 2.75) is 13.3 Å². The van der Waals surface area contributed by atoms with Crippen molar-refractivity contribution in [2.75, 3.05) is 23.9 Å². The molecule has 0 saturated carbocycles. The highest BCUT2D eigenvalue weighted by molar-refractivity contribution is 6.03. The molecule has 1 aliphatic heterocycles. The summed E-state index contributed by atoms with van der Waals surface area (Å²) in [5.41, 5.74) is 1.22. The van der Waals surface area contributed by atoms with Gasteiger partial charge in [-0.05, 0) is 31.2 Å². The van der Waals surface area contributed by atoms with Gasteiger partial charge in [-0.2, -0.15) is 0 Å². The number of rotatable bonds is 5. The van der Waals surface area contributed by atoms with E-state index in [-0.39, 0.29) is 18.2 Å². The van der Waals surface area contributed by atoms with Crippen LogP contribution in [0, 0.1) is 12.8 Å². The SMILES string of the molecule is COc1ccc(N2CC(C(=O)Nc3cnc(-n4ccnc4C)nc3)CC2=O)cc1. The lowest BCUT2D eigenvalue weighted by Crippen LogP contribution is -2.28. The van der Waals surface area contributed by atoms with E-state index >= 15 is 0 Å². The number of benzene rings is 1. The van der Waals surface area contributed by atoms with Gasteiger partial charge in [-0.1, -0.05) is 0 Å². The highest BCUT2D eigenvalue weighted by Gasteiger charge is 2.35. The van der Waals surface area contributed by atoms with Crippen LogP contribution < -0.4 is 15.0 Å². The second kappa shape index (κ2) is 7.70. The number of nitrogens with one attached hydrogen (secondary N) is 1. The predicted molar refractivity (Wildman–Crippen MR) is 106 cm³/mol. The number of imidazole rings is 1. The Bertz CT molecular complexity index is 1030. The molecule has 4 rings (SSSR count). The van der Waals surface area contributed by atoms with Gasteiger partial charge in [-0.15, -0.1) is 0 Å². The number of ether oxygens (including phenoxy) is 1. The summed E-state index contributed by atoms with van der Waals surface area (Å²) in [5.74, 6) is 1.19. The van der Waals surface area contributed by atoms with E-state index in [0.29, 0.717) is 23.9 Å². The lowest BCUT2D eigenvalue weighted by molar-refractivity contribution is -0.122. The average Bonchev–Trinajstić information content (AvgIpc) is 3.34.